The number of methoxy groups -OCH3 is 2. The zero-order chi connectivity index (χ0) is 18.7. The summed E-state index contributed by atoms with van der Waals surface area (Å²) >= 11 is 0. The molecule has 2 N–H and O–H groups in total. The van der Waals surface area contributed by atoms with Crippen molar-refractivity contribution in [3.05, 3.63) is 59.2 Å². The normalized spacial score (nSPS) is 18.1. The van der Waals surface area contributed by atoms with Gasteiger partial charge in [0.1, 0.15) is 17.1 Å². The highest BCUT2D eigenvalue weighted by molar-refractivity contribution is 5.91. The number of hydrogen-bond donors (Lipinski definition) is 2. The fourth-order valence-electron chi connectivity index (χ4n) is 3.08. The first-order valence-corrected chi connectivity index (χ1v) is 8.35. The summed E-state index contributed by atoms with van der Waals surface area (Å²) in [5.74, 6) is 0.150. The third-order valence-corrected chi connectivity index (χ3v) is 4.61. The van der Waals surface area contributed by atoms with E-state index < -0.39 is 5.97 Å². The van der Waals surface area contributed by atoms with Crippen molar-refractivity contribution in [1.29, 1.82) is 0 Å². The number of ether oxygens (including phenoxy) is 2. The van der Waals surface area contributed by atoms with E-state index in [0.717, 1.165) is 23.3 Å². The molecule has 0 heterocycles. The second-order valence-electron chi connectivity index (χ2n) is 6.28. The molecule has 6 nitrogen and oxygen atoms in total. The number of carbonyl (C=O) groups excluding carboxylic acids is 1. The number of aromatic carboxylic acids is 1. The molecule has 2 unspecified atom stereocenters. The molecule has 26 heavy (non-hydrogen) atoms. The molecular formula is C20H21NO5. The minimum absolute atomic E-state index is 0.0227. The Morgan fingerprint density at radius 1 is 1.15 bits per heavy atom. The molecule has 2 atom stereocenters. The summed E-state index contributed by atoms with van der Waals surface area (Å²) in [6.45, 7) is 0.282. The molecule has 1 aliphatic carbocycles. The van der Waals surface area contributed by atoms with Gasteiger partial charge in [-0.1, -0.05) is 18.2 Å². The lowest BCUT2D eigenvalue weighted by molar-refractivity contribution is -0.122. The van der Waals surface area contributed by atoms with Crippen LogP contribution in [0.15, 0.2) is 42.5 Å². The molecule has 2 aromatic rings. The molecule has 0 aromatic heterocycles. The summed E-state index contributed by atoms with van der Waals surface area (Å²) in [5, 5.41) is 12.1. The van der Waals surface area contributed by atoms with Crippen LogP contribution in [0.2, 0.25) is 0 Å². The monoisotopic (exact) mass is 355 g/mol. The zero-order valence-corrected chi connectivity index (χ0v) is 14.7. The maximum atomic E-state index is 12.4. The van der Waals surface area contributed by atoms with Gasteiger partial charge in [-0.05, 0) is 47.7 Å². The van der Waals surface area contributed by atoms with Crippen molar-refractivity contribution in [2.75, 3.05) is 14.2 Å². The summed E-state index contributed by atoms with van der Waals surface area (Å²) in [5.41, 5.74) is 1.90. The average molecular weight is 355 g/mol. The van der Waals surface area contributed by atoms with Crippen LogP contribution in [0.5, 0.6) is 11.5 Å². The highest BCUT2D eigenvalue weighted by Crippen LogP contribution is 2.48. The van der Waals surface area contributed by atoms with Crippen molar-refractivity contribution in [3.63, 3.8) is 0 Å². The lowest BCUT2D eigenvalue weighted by atomic mass is 10.1. The summed E-state index contributed by atoms with van der Waals surface area (Å²) in [4.78, 5) is 23.6. The average Bonchev–Trinajstić information content (AvgIpc) is 3.46. The van der Waals surface area contributed by atoms with Crippen molar-refractivity contribution < 1.29 is 24.2 Å². The minimum atomic E-state index is -1.06. The lowest BCUT2D eigenvalue weighted by Gasteiger charge is -2.09. The number of carbonyl (C=O) groups is 2. The van der Waals surface area contributed by atoms with Crippen LogP contribution in [0, 0.1) is 5.92 Å². The van der Waals surface area contributed by atoms with Crippen LogP contribution in [0.1, 0.15) is 33.8 Å². The lowest BCUT2D eigenvalue weighted by Crippen LogP contribution is -2.25. The summed E-state index contributed by atoms with van der Waals surface area (Å²) in [7, 11) is 3.05. The predicted octanol–water partition coefficient (Wildman–Crippen LogP) is 2.82. The van der Waals surface area contributed by atoms with Crippen LogP contribution in [0.3, 0.4) is 0 Å². The first-order chi connectivity index (χ1) is 12.5. The number of carboxylic acid groups (broad SMARTS) is 1. The van der Waals surface area contributed by atoms with Crippen LogP contribution in [0.4, 0.5) is 0 Å². The number of nitrogens with one attached hydrogen (secondary N) is 1. The molecule has 0 spiro atoms. The van der Waals surface area contributed by atoms with Crippen LogP contribution < -0.4 is 14.8 Å². The SMILES string of the molecule is COc1cccc(C2CC2C(=O)NCc2ccc(OC)c(C(=O)O)c2)c1. The number of rotatable bonds is 7. The molecule has 0 aliphatic heterocycles. The van der Waals surface area contributed by atoms with Crippen LogP contribution in [-0.4, -0.2) is 31.2 Å². The fourth-order valence-corrected chi connectivity index (χ4v) is 3.08. The number of amides is 1. The van der Waals surface area contributed by atoms with Gasteiger partial charge in [0.2, 0.25) is 5.91 Å². The van der Waals surface area contributed by atoms with Gasteiger partial charge in [-0.15, -0.1) is 0 Å². The zero-order valence-electron chi connectivity index (χ0n) is 14.7. The van der Waals surface area contributed by atoms with E-state index in [9.17, 15) is 14.7 Å². The standard InChI is InChI=1S/C20H21NO5/c1-25-14-5-3-4-13(9-14)15-10-16(15)19(22)21-11-12-6-7-18(26-2)17(8-12)20(23)24/h3-9,15-16H,10-11H2,1-2H3,(H,21,22)(H,23,24). The molecular weight excluding hydrogens is 334 g/mol. The molecule has 0 saturated heterocycles. The molecule has 136 valence electrons. The number of benzene rings is 2. The molecule has 1 saturated carbocycles. The Kier molecular flexibility index (Phi) is 5.11. The van der Waals surface area contributed by atoms with Crippen LogP contribution in [-0.2, 0) is 11.3 Å². The Morgan fingerprint density at radius 2 is 1.96 bits per heavy atom. The minimum Gasteiger partial charge on any atom is -0.497 e. The van der Waals surface area contributed by atoms with Gasteiger partial charge in [0.15, 0.2) is 0 Å². The first kappa shape index (κ1) is 17.8. The molecule has 1 fully saturated rings. The van der Waals surface area contributed by atoms with Gasteiger partial charge in [-0.25, -0.2) is 4.79 Å². The van der Waals surface area contributed by atoms with E-state index in [-0.39, 0.29) is 29.9 Å². The van der Waals surface area contributed by atoms with E-state index in [4.69, 9.17) is 9.47 Å². The van der Waals surface area contributed by atoms with Gasteiger partial charge in [0, 0.05) is 12.5 Å². The molecule has 3 rings (SSSR count). The van der Waals surface area contributed by atoms with Gasteiger partial charge >= 0.3 is 5.97 Å². The Hall–Kier alpha value is -3.02. The van der Waals surface area contributed by atoms with E-state index in [0.29, 0.717) is 5.75 Å². The van der Waals surface area contributed by atoms with Gasteiger partial charge in [-0.3, -0.25) is 4.79 Å². The molecule has 0 bridgehead atoms. The molecule has 1 aliphatic rings. The molecule has 2 aromatic carbocycles. The van der Waals surface area contributed by atoms with E-state index in [1.165, 1.54) is 13.2 Å². The Labute approximate surface area is 151 Å². The van der Waals surface area contributed by atoms with Crippen molar-refractivity contribution in [1.82, 2.24) is 5.32 Å². The second kappa shape index (κ2) is 7.47. The maximum Gasteiger partial charge on any atom is 0.339 e. The molecule has 0 radical (unpaired) electrons. The maximum absolute atomic E-state index is 12.4. The van der Waals surface area contributed by atoms with E-state index in [1.54, 1.807) is 19.2 Å². The van der Waals surface area contributed by atoms with Crippen molar-refractivity contribution in [2.45, 2.75) is 18.9 Å². The third-order valence-electron chi connectivity index (χ3n) is 4.61. The Morgan fingerprint density at radius 3 is 2.65 bits per heavy atom. The Bertz CT molecular complexity index is 833. The van der Waals surface area contributed by atoms with Gasteiger partial charge < -0.3 is 19.9 Å². The highest BCUT2D eigenvalue weighted by atomic mass is 16.5. The van der Waals surface area contributed by atoms with Crippen LogP contribution in [0.25, 0.3) is 0 Å². The van der Waals surface area contributed by atoms with E-state index in [2.05, 4.69) is 5.32 Å². The van der Waals surface area contributed by atoms with Crippen LogP contribution >= 0.6 is 0 Å². The third kappa shape index (κ3) is 3.79. The fraction of sp³-hybridized carbons (Fsp3) is 0.300. The predicted molar refractivity (Wildman–Crippen MR) is 95.6 cm³/mol. The van der Waals surface area contributed by atoms with Gasteiger partial charge in [-0.2, -0.15) is 0 Å². The van der Waals surface area contributed by atoms with Crippen molar-refractivity contribution >= 4 is 11.9 Å². The first-order valence-electron chi connectivity index (χ1n) is 8.35. The molecule has 1 amide bonds. The Balaban J connectivity index is 1.60. The largest absolute Gasteiger partial charge is 0.497 e. The van der Waals surface area contributed by atoms with E-state index in [1.807, 2.05) is 24.3 Å². The topological polar surface area (TPSA) is 84.9 Å². The summed E-state index contributed by atoms with van der Waals surface area (Å²) < 4.78 is 10.3. The van der Waals surface area contributed by atoms with Gasteiger partial charge in [0.25, 0.3) is 0 Å². The molecule has 6 heteroatoms. The summed E-state index contributed by atoms with van der Waals surface area (Å²) in [6.07, 6.45) is 0.808. The quantitative estimate of drug-likeness (QED) is 0.798. The smallest absolute Gasteiger partial charge is 0.339 e. The number of hydrogen-bond acceptors (Lipinski definition) is 4. The van der Waals surface area contributed by atoms with E-state index >= 15 is 0 Å². The summed E-state index contributed by atoms with van der Waals surface area (Å²) in [6, 6.07) is 12.6. The highest BCUT2D eigenvalue weighted by Gasteiger charge is 2.43. The van der Waals surface area contributed by atoms with Crippen molar-refractivity contribution in [2.24, 2.45) is 5.92 Å². The van der Waals surface area contributed by atoms with Crippen molar-refractivity contribution in [3.8, 4) is 11.5 Å². The second-order valence-corrected chi connectivity index (χ2v) is 6.28. The number of carboxylic acids is 1. The van der Waals surface area contributed by atoms with Gasteiger partial charge in [0.05, 0.1) is 14.2 Å².